The predicted octanol–water partition coefficient (Wildman–Crippen LogP) is 1.47. The lowest BCUT2D eigenvalue weighted by molar-refractivity contribution is -0.136. The van der Waals surface area contributed by atoms with Gasteiger partial charge >= 0.3 is 0 Å². The van der Waals surface area contributed by atoms with Crippen molar-refractivity contribution in [1.29, 1.82) is 0 Å². The van der Waals surface area contributed by atoms with Crippen molar-refractivity contribution in [3.05, 3.63) is 41.6 Å². The van der Waals surface area contributed by atoms with E-state index in [2.05, 4.69) is 10.4 Å². The standard InChI is InChI=1S/C24H30N6O4/c1-4-28(2)23(31)16-9-15-10-17(11-16)25-6-8-29-18(12-20(33-3)24(29)32)14-34-21-5-7-30-22(27-21)19(15)13-26-30/h5,7,9-11,13,18-20,22,25H,4,6,8,12,14H2,1-3H3/t18-,19?,20+,22?/m0/s1. The molecule has 4 atom stereocenters. The number of hydrogen-bond acceptors (Lipinski definition) is 8. The molecule has 1 N–H and O–H groups in total. The van der Waals surface area contributed by atoms with Crippen LogP contribution in [0, 0.1) is 0 Å². The Hall–Kier alpha value is -3.40. The van der Waals surface area contributed by atoms with Crippen LogP contribution in [0.15, 0.2) is 40.6 Å². The van der Waals surface area contributed by atoms with Crippen LogP contribution in [0.4, 0.5) is 5.69 Å². The van der Waals surface area contributed by atoms with Gasteiger partial charge in [-0.15, -0.1) is 0 Å². The fourth-order valence-electron chi connectivity index (χ4n) is 4.81. The number of carbonyl (C=O) groups is 2. The highest BCUT2D eigenvalue weighted by atomic mass is 16.5. The molecule has 1 fully saturated rings. The molecule has 4 aliphatic heterocycles. The maximum atomic E-state index is 13.0. The topological polar surface area (TPSA) is 99.1 Å². The molecule has 34 heavy (non-hydrogen) atoms. The summed E-state index contributed by atoms with van der Waals surface area (Å²) in [5.41, 5.74) is 2.37. The number of anilines is 1. The van der Waals surface area contributed by atoms with Crippen LogP contribution in [-0.2, 0) is 14.3 Å². The molecule has 4 aliphatic rings. The predicted molar refractivity (Wildman–Crippen MR) is 128 cm³/mol. The van der Waals surface area contributed by atoms with Gasteiger partial charge in [0.25, 0.3) is 11.8 Å². The second-order valence-electron chi connectivity index (χ2n) is 8.91. The molecule has 180 valence electrons. The summed E-state index contributed by atoms with van der Waals surface area (Å²) in [6.45, 7) is 3.94. The zero-order valence-electron chi connectivity index (χ0n) is 19.7. The monoisotopic (exact) mass is 466 g/mol. The molecule has 0 saturated carbocycles. The second-order valence-corrected chi connectivity index (χ2v) is 8.91. The minimum atomic E-state index is -0.464. The molecule has 2 unspecified atom stereocenters. The molecule has 4 heterocycles. The molecule has 0 aromatic heterocycles. The van der Waals surface area contributed by atoms with Gasteiger partial charge in [0.2, 0.25) is 5.90 Å². The third-order valence-corrected chi connectivity index (χ3v) is 6.87. The van der Waals surface area contributed by atoms with Crippen LogP contribution in [0.2, 0.25) is 0 Å². The number of amides is 2. The van der Waals surface area contributed by atoms with Crippen molar-refractivity contribution in [2.75, 3.05) is 45.7 Å². The second kappa shape index (κ2) is 9.09. The summed E-state index contributed by atoms with van der Waals surface area (Å²) < 4.78 is 11.5. The number of nitrogens with zero attached hydrogens (tertiary/aromatic N) is 5. The lowest BCUT2D eigenvalue weighted by Gasteiger charge is -2.29. The number of hydrazone groups is 1. The van der Waals surface area contributed by atoms with Gasteiger partial charge < -0.3 is 24.6 Å². The summed E-state index contributed by atoms with van der Waals surface area (Å²) in [5, 5.41) is 9.72. The molecule has 10 nitrogen and oxygen atoms in total. The summed E-state index contributed by atoms with van der Waals surface area (Å²) >= 11 is 0. The van der Waals surface area contributed by atoms with Gasteiger partial charge in [-0.05, 0) is 30.7 Å². The third-order valence-electron chi connectivity index (χ3n) is 6.87. The lowest BCUT2D eigenvalue weighted by atomic mass is 9.94. The van der Waals surface area contributed by atoms with E-state index < -0.39 is 6.10 Å². The van der Waals surface area contributed by atoms with Gasteiger partial charge in [-0.25, -0.2) is 10.0 Å². The van der Waals surface area contributed by atoms with Gasteiger partial charge in [-0.2, -0.15) is 5.10 Å². The van der Waals surface area contributed by atoms with Crippen molar-refractivity contribution in [1.82, 2.24) is 14.8 Å². The van der Waals surface area contributed by atoms with Crippen molar-refractivity contribution < 1.29 is 19.1 Å². The fraction of sp³-hybridized carbons (Fsp3) is 0.500. The van der Waals surface area contributed by atoms with E-state index in [1.807, 2.05) is 42.4 Å². The molecule has 0 spiro atoms. The first-order valence-corrected chi connectivity index (χ1v) is 11.7. The van der Waals surface area contributed by atoms with E-state index in [0.717, 1.165) is 11.3 Å². The number of carbonyl (C=O) groups excluding carboxylic acids is 2. The smallest absolute Gasteiger partial charge is 0.253 e. The first-order chi connectivity index (χ1) is 16.5. The van der Waals surface area contributed by atoms with Crippen molar-refractivity contribution >= 4 is 29.6 Å². The van der Waals surface area contributed by atoms with E-state index in [-0.39, 0.29) is 29.9 Å². The lowest BCUT2D eigenvalue weighted by Crippen LogP contribution is -2.41. The largest absolute Gasteiger partial charge is 0.476 e. The van der Waals surface area contributed by atoms with Crippen molar-refractivity contribution in [3.63, 3.8) is 0 Å². The van der Waals surface area contributed by atoms with Crippen LogP contribution < -0.4 is 5.32 Å². The SMILES string of the molecule is CCN(C)C(=O)c1cc2cc(c1)C1C=NN3C=CC(=NC13)OC[C@@H]1C[C@@H](OC)C(=O)N1CCN2. The quantitative estimate of drug-likeness (QED) is 0.725. The highest BCUT2D eigenvalue weighted by molar-refractivity contribution is 5.96. The average molecular weight is 467 g/mol. The fourth-order valence-corrected chi connectivity index (χ4v) is 4.81. The van der Waals surface area contributed by atoms with Crippen molar-refractivity contribution in [3.8, 4) is 0 Å². The Kier molecular flexibility index (Phi) is 5.99. The van der Waals surface area contributed by atoms with Gasteiger partial charge in [0.05, 0.1) is 12.0 Å². The normalized spacial score (nSPS) is 27.5. The van der Waals surface area contributed by atoms with E-state index in [1.54, 1.807) is 30.1 Å². The number of methoxy groups -OCH3 is 1. The molecule has 2 amide bonds. The molecule has 0 radical (unpaired) electrons. The highest BCUT2D eigenvalue weighted by Crippen LogP contribution is 2.33. The van der Waals surface area contributed by atoms with Crippen molar-refractivity contribution in [2.24, 2.45) is 10.1 Å². The zero-order chi connectivity index (χ0) is 23.8. The van der Waals surface area contributed by atoms with Crippen LogP contribution in [0.25, 0.3) is 0 Å². The van der Waals surface area contributed by atoms with Crippen LogP contribution in [-0.4, -0.2) is 97.4 Å². The number of ether oxygens (including phenoxy) is 2. The number of hydrogen-bond donors (Lipinski definition) is 1. The molecule has 1 aromatic carbocycles. The Morgan fingerprint density at radius 3 is 3.00 bits per heavy atom. The summed E-state index contributed by atoms with van der Waals surface area (Å²) in [6.07, 6.45) is 5.33. The molecular weight excluding hydrogens is 436 g/mol. The number of benzene rings is 1. The molecule has 5 rings (SSSR count). The summed E-state index contributed by atoms with van der Waals surface area (Å²) in [4.78, 5) is 34.2. The zero-order valence-corrected chi connectivity index (χ0v) is 19.7. The number of rotatable bonds is 3. The minimum Gasteiger partial charge on any atom is -0.476 e. The van der Waals surface area contributed by atoms with Gasteiger partial charge in [-0.1, -0.05) is 0 Å². The number of nitrogens with one attached hydrogen (secondary N) is 1. The van der Waals surface area contributed by atoms with E-state index in [4.69, 9.17) is 14.5 Å². The average Bonchev–Trinajstić information content (AvgIpc) is 3.41. The Morgan fingerprint density at radius 2 is 2.21 bits per heavy atom. The van der Waals surface area contributed by atoms with Crippen LogP contribution >= 0.6 is 0 Å². The van der Waals surface area contributed by atoms with E-state index >= 15 is 0 Å². The third kappa shape index (κ3) is 4.02. The summed E-state index contributed by atoms with van der Waals surface area (Å²) in [7, 11) is 3.35. The number of aliphatic imine (C=N–C) groups is 1. The maximum Gasteiger partial charge on any atom is 0.253 e. The Balaban J connectivity index is 1.52. The number of fused-ring (bicyclic) bond motifs is 4. The molecule has 4 bridgehead atoms. The van der Waals surface area contributed by atoms with Crippen LogP contribution in [0.1, 0.15) is 35.2 Å². The molecule has 1 aromatic rings. The summed E-state index contributed by atoms with van der Waals surface area (Å²) in [5.74, 6) is 0.303. The minimum absolute atomic E-state index is 0.0317. The Labute approximate surface area is 198 Å². The highest BCUT2D eigenvalue weighted by Gasteiger charge is 2.40. The molecule has 0 aliphatic carbocycles. The maximum absolute atomic E-state index is 13.0. The molecule has 1 saturated heterocycles. The van der Waals surface area contributed by atoms with E-state index in [1.165, 1.54) is 0 Å². The molecule has 10 heteroatoms. The Bertz CT molecular complexity index is 1070. The van der Waals surface area contributed by atoms with E-state index in [0.29, 0.717) is 44.1 Å². The van der Waals surface area contributed by atoms with Gasteiger partial charge in [-0.3, -0.25) is 9.59 Å². The van der Waals surface area contributed by atoms with Crippen LogP contribution in [0.5, 0.6) is 0 Å². The Morgan fingerprint density at radius 1 is 1.35 bits per heavy atom. The molecular formula is C24H30N6O4. The van der Waals surface area contributed by atoms with Crippen LogP contribution in [0.3, 0.4) is 0 Å². The first kappa shape index (κ1) is 22.4. The van der Waals surface area contributed by atoms with Gasteiger partial charge in [0.1, 0.15) is 12.7 Å². The first-order valence-electron chi connectivity index (χ1n) is 11.7. The van der Waals surface area contributed by atoms with Crippen molar-refractivity contribution in [2.45, 2.75) is 37.6 Å². The van der Waals surface area contributed by atoms with Gasteiger partial charge in [0, 0.05) is 70.0 Å². The van der Waals surface area contributed by atoms with E-state index in [9.17, 15) is 9.59 Å². The van der Waals surface area contributed by atoms with Gasteiger partial charge in [0.15, 0.2) is 6.17 Å². The summed E-state index contributed by atoms with van der Waals surface area (Å²) in [6, 6.07) is 5.72.